The molecule has 0 spiro atoms. The standard InChI is InChI=1S/C12H20O2/c1-4-10(3)11(13)14-12(5-2)8-6-7-9-12/h3-9H2,1-2H3. The molecule has 0 aromatic rings. The van der Waals surface area contributed by atoms with Crippen LogP contribution in [0, 0.1) is 0 Å². The highest BCUT2D eigenvalue weighted by Crippen LogP contribution is 2.36. The van der Waals surface area contributed by atoms with Crippen LogP contribution in [0.4, 0.5) is 0 Å². The third-order valence-corrected chi connectivity index (χ3v) is 3.18. The molecule has 0 radical (unpaired) electrons. The number of carbonyl (C=O) groups excluding carboxylic acids is 1. The zero-order valence-corrected chi connectivity index (χ0v) is 9.27. The van der Waals surface area contributed by atoms with E-state index >= 15 is 0 Å². The van der Waals surface area contributed by atoms with Gasteiger partial charge in [-0.25, -0.2) is 4.79 Å². The summed E-state index contributed by atoms with van der Waals surface area (Å²) in [5.74, 6) is -0.198. The Morgan fingerprint density at radius 3 is 2.36 bits per heavy atom. The highest BCUT2D eigenvalue weighted by molar-refractivity contribution is 5.87. The molecule has 1 aliphatic carbocycles. The Morgan fingerprint density at radius 2 is 1.93 bits per heavy atom. The maximum Gasteiger partial charge on any atom is 0.333 e. The molecular formula is C12H20O2. The van der Waals surface area contributed by atoms with Crippen LogP contribution in [0.3, 0.4) is 0 Å². The monoisotopic (exact) mass is 196 g/mol. The van der Waals surface area contributed by atoms with E-state index in [1.165, 1.54) is 12.8 Å². The van der Waals surface area contributed by atoms with Gasteiger partial charge in [0.05, 0.1) is 0 Å². The minimum absolute atomic E-state index is 0.171. The first kappa shape index (κ1) is 11.3. The topological polar surface area (TPSA) is 26.3 Å². The molecule has 0 saturated heterocycles. The van der Waals surface area contributed by atoms with E-state index in [4.69, 9.17) is 4.74 Å². The fourth-order valence-electron chi connectivity index (χ4n) is 1.96. The van der Waals surface area contributed by atoms with Gasteiger partial charge in [-0.3, -0.25) is 0 Å². The van der Waals surface area contributed by atoms with Gasteiger partial charge in [-0.2, -0.15) is 0 Å². The van der Waals surface area contributed by atoms with Crippen LogP contribution in [-0.4, -0.2) is 11.6 Å². The summed E-state index contributed by atoms with van der Waals surface area (Å²) >= 11 is 0. The Hall–Kier alpha value is -0.790. The summed E-state index contributed by atoms with van der Waals surface area (Å²) in [7, 11) is 0. The number of ether oxygens (including phenoxy) is 1. The molecule has 1 aliphatic rings. The average molecular weight is 196 g/mol. The van der Waals surface area contributed by atoms with Crippen molar-refractivity contribution in [2.45, 2.75) is 58.0 Å². The highest BCUT2D eigenvalue weighted by atomic mass is 16.6. The van der Waals surface area contributed by atoms with E-state index in [1.807, 2.05) is 6.92 Å². The van der Waals surface area contributed by atoms with Gasteiger partial charge >= 0.3 is 5.97 Å². The van der Waals surface area contributed by atoms with E-state index in [-0.39, 0.29) is 11.6 Å². The van der Waals surface area contributed by atoms with Gasteiger partial charge in [0.25, 0.3) is 0 Å². The maximum absolute atomic E-state index is 11.6. The first-order chi connectivity index (χ1) is 6.63. The number of rotatable bonds is 4. The lowest BCUT2D eigenvalue weighted by atomic mass is 9.98. The Balaban J connectivity index is 2.56. The van der Waals surface area contributed by atoms with Gasteiger partial charge < -0.3 is 4.74 Å². The van der Waals surface area contributed by atoms with E-state index in [0.717, 1.165) is 19.3 Å². The molecule has 0 N–H and O–H groups in total. The van der Waals surface area contributed by atoms with Crippen LogP contribution in [0.1, 0.15) is 52.4 Å². The molecule has 0 heterocycles. The largest absolute Gasteiger partial charge is 0.456 e. The average Bonchev–Trinajstić information content (AvgIpc) is 2.65. The van der Waals surface area contributed by atoms with Crippen LogP contribution in [0.2, 0.25) is 0 Å². The van der Waals surface area contributed by atoms with Crippen molar-refractivity contribution in [3.8, 4) is 0 Å². The summed E-state index contributed by atoms with van der Waals surface area (Å²) in [5.41, 5.74) is 0.416. The lowest BCUT2D eigenvalue weighted by Gasteiger charge is -2.27. The molecular weight excluding hydrogens is 176 g/mol. The third-order valence-electron chi connectivity index (χ3n) is 3.18. The molecule has 1 fully saturated rings. The molecule has 2 nitrogen and oxygen atoms in total. The quantitative estimate of drug-likeness (QED) is 0.509. The second kappa shape index (κ2) is 4.63. The minimum atomic E-state index is -0.198. The van der Waals surface area contributed by atoms with Crippen LogP contribution < -0.4 is 0 Å². The summed E-state index contributed by atoms with van der Waals surface area (Å²) in [6.45, 7) is 7.72. The van der Waals surface area contributed by atoms with Crippen LogP contribution in [0.15, 0.2) is 12.2 Å². The second-order valence-electron chi connectivity index (χ2n) is 4.09. The van der Waals surface area contributed by atoms with Crippen LogP contribution in [0.5, 0.6) is 0 Å². The van der Waals surface area contributed by atoms with E-state index < -0.39 is 0 Å². The number of hydrogen-bond donors (Lipinski definition) is 0. The van der Waals surface area contributed by atoms with Crippen LogP contribution >= 0.6 is 0 Å². The van der Waals surface area contributed by atoms with Crippen LogP contribution in [-0.2, 0) is 9.53 Å². The number of carbonyl (C=O) groups is 1. The first-order valence-corrected chi connectivity index (χ1v) is 5.54. The normalized spacial score (nSPS) is 19.3. The minimum Gasteiger partial charge on any atom is -0.456 e. The smallest absolute Gasteiger partial charge is 0.333 e. The molecule has 0 aromatic carbocycles. The van der Waals surface area contributed by atoms with Gasteiger partial charge in [-0.15, -0.1) is 0 Å². The summed E-state index contributed by atoms with van der Waals surface area (Å²) in [5, 5.41) is 0. The Labute approximate surface area is 86.3 Å². The molecule has 1 saturated carbocycles. The van der Waals surface area contributed by atoms with Gasteiger partial charge in [0, 0.05) is 5.57 Å². The molecule has 0 amide bonds. The summed E-state index contributed by atoms with van der Waals surface area (Å²) in [4.78, 5) is 11.6. The number of esters is 1. The maximum atomic E-state index is 11.6. The zero-order chi connectivity index (χ0) is 10.6. The second-order valence-corrected chi connectivity index (χ2v) is 4.09. The van der Waals surface area contributed by atoms with Crippen molar-refractivity contribution in [3.63, 3.8) is 0 Å². The van der Waals surface area contributed by atoms with Gasteiger partial charge in [-0.1, -0.05) is 20.4 Å². The van der Waals surface area contributed by atoms with E-state index in [2.05, 4.69) is 13.5 Å². The lowest BCUT2D eigenvalue weighted by Crippen LogP contribution is -2.31. The van der Waals surface area contributed by atoms with E-state index in [9.17, 15) is 4.79 Å². The Kier molecular flexibility index (Phi) is 3.73. The molecule has 80 valence electrons. The highest BCUT2D eigenvalue weighted by Gasteiger charge is 2.35. The van der Waals surface area contributed by atoms with E-state index in [0.29, 0.717) is 12.0 Å². The predicted molar refractivity (Wildman–Crippen MR) is 57.0 cm³/mol. The van der Waals surface area contributed by atoms with Crippen molar-refractivity contribution in [3.05, 3.63) is 12.2 Å². The van der Waals surface area contributed by atoms with Crippen LogP contribution in [0.25, 0.3) is 0 Å². The summed E-state index contributed by atoms with van der Waals surface area (Å²) < 4.78 is 5.56. The molecule has 1 rings (SSSR count). The Bertz CT molecular complexity index is 224. The van der Waals surface area contributed by atoms with Crippen molar-refractivity contribution in [1.82, 2.24) is 0 Å². The molecule has 0 atom stereocenters. The molecule has 0 bridgehead atoms. The zero-order valence-electron chi connectivity index (χ0n) is 9.27. The van der Waals surface area contributed by atoms with Gasteiger partial charge in [0.15, 0.2) is 0 Å². The first-order valence-electron chi connectivity index (χ1n) is 5.54. The van der Waals surface area contributed by atoms with Crippen molar-refractivity contribution in [1.29, 1.82) is 0 Å². The van der Waals surface area contributed by atoms with Crippen molar-refractivity contribution in [2.24, 2.45) is 0 Å². The summed E-state index contributed by atoms with van der Waals surface area (Å²) in [6.07, 6.45) is 6.01. The van der Waals surface area contributed by atoms with Gasteiger partial charge in [0.2, 0.25) is 0 Å². The van der Waals surface area contributed by atoms with Crippen molar-refractivity contribution in [2.75, 3.05) is 0 Å². The molecule has 2 heteroatoms. The molecule has 0 aliphatic heterocycles. The van der Waals surface area contributed by atoms with Crippen molar-refractivity contribution < 1.29 is 9.53 Å². The SMILES string of the molecule is C=C(CC)C(=O)OC1(CC)CCCC1. The fourth-order valence-corrected chi connectivity index (χ4v) is 1.96. The van der Waals surface area contributed by atoms with Crippen molar-refractivity contribution >= 4 is 5.97 Å². The summed E-state index contributed by atoms with van der Waals surface area (Å²) in [6, 6.07) is 0. The lowest BCUT2D eigenvalue weighted by molar-refractivity contribution is -0.154. The predicted octanol–water partition coefficient (Wildman–Crippen LogP) is 3.22. The Morgan fingerprint density at radius 1 is 1.36 bits per heavy atom. The fraction of sp³-hybridized carbons (Fsp3) is 0.750. The van der Waals surface area contributed by atoms with Gasteiger partial charge in [0.1, 0.15) is 5.60 Å². The third kappa shape index (κ3) is 2.37. The number of hydrogen-bond acceptors (Lipinski definition) is 2. The van der Waals surface area contributed by atoms with Gasteiger partial charge in [-0.05, 0) is 38.5 Å². The molecule has 0 unspecified atom stereocenters. The molecule has 14 heavy (non-hydrogen) atoms. The van der Waals surface area contributed by atoms with E-state index in [1.54, 1.807) is 0 Å². The molecule has 0 aromatic heterocycles.